The normalized spacial score (nSPS) is 17.6. The Morgan fingerprint density at radius 3 is 2.39 bits per heavy atom. The topological polar surface area (TPSA) is 17.8 Å². The maximum atomic E-state index is 4.37. The molecule has 1 saturated carbocycles. The molecule has 1 aromatic heterocycles. The largest absolute Gasteiger partial charge is 0.328 e. The van der Waals surface area contributed by atoms with Crippen molar-refractivity contribution >= 4 is 0 Å². The van der Waals surface area contributed by atoms with E-state index in [2.05, 4.69) is 39.9 Å². The molecule has 18 heavy (non-hydrogen) atoms. The molecule has 2 heteroatoms. The van der Waals surface area contributed by atoms with Crippen molar-refractivity contribution in [1.29, 1.82) is 0 Å². The molecule has 2 aromatic rings. The van der Waals surface area contributed by atoms with Crippen molar-refractivity contribution in [1.82, 2.24) is 9.55 Å². The molecule has 94 valence electrons. The summed E-state index contributed by atoms with van der Waals surface area (Å²) in [5, 5.41) is 0. The van der Waals surface area contributed by atoms with E-state index in [4.69, 9.17) is 0 Å². The Morgan fingerprint density at radius 1 is 0.944 bits per heavy atom. The van der Waals surface area contributed by atoms with Gasteiger partial charge in [-0.1, -0.05) is 56.0 Å². The summed E-state index contributed by atoms with van der Waals surface area (Å²) >= 11 is 0. The van der Waals surface area contributed by atoms with Gasteiger partial charge in [0, 0.05) is 6.04 Å². The van der Waals surface area contributed by atoms with Gasteiger partial charge in [-0.25, -0.2) is 4.98 Å². The fourth-order valence-corrected chi connectivity index (χ4v) is 2.96. The molecule has 3 rings (SSSR count). The number of hydrogen-bond donors (Lipinski definition) is 0. The SMILES string of the molecule is c1ccc(-c2cncn2C2CCCCCC2)cc1. The standard InChI is InChI=1S/C16H20N2/c1-2-7-11-15(10-6-1)18-13-17-12-16(18)14-8-4-3-5-9-14/h3-5,8-9,12-13,15H,1-2,6-7,10-11H2. The van der Waals surface area contributed by atoms with E-state index in [9.17, 15) is 0 Å². The van der Waals surface area contributed by atoms with E-state index in [-0.39, 0.29) is 0 Å². The molecule has 0 N–H and O–H groups in total. The number of rotatable bonds is 2. The first kappa shape index (κ1) is 11.5. The van der Waals surface area contributed by atoms with E-state index in [0.717, 1.165) is 0 Å². The summed E-state index contributed by atoms with van der Waals surface area (Å²) in [5.41, 5.74) is 2.54. The molecule has 1 fully saturated rings. The summed E-state index contributed by atoms with van der Waals surface area (Å²) < 4.78 is 2.39. The molecular formula is C16H20N2. The van der Waals surface area contributed by atoms with Gasteiger partial charge in [-0.05, 0) is 18.4 Å². The Morgan fingerprint density at radius 2 is 1.67 bits per heavy atom. The second-order valence-electron chi connectivity index (χ2n) is 5.20. The Hall–Kier alpha value is -1.57. The van der Waals surface area contributed by atoms with Crippen LogP contribution in [0.15, 0.2) is 42.9 Å². The molecule has 0 bridgehead atoms. The maximum absolute atomic E-state index is 4.37. The van der Waals surface area contributed by atoms with Crippen molar-refractivity contribution in [3.05, 3.63) is 42.9 Å². The predicted octanol–water partition coefficient (Wildman–Crippen LogP) is 4.45. The predicted molar refractivity (Wildman–Crippen MR) is 74.4 cm³/mol. The number of aromatic nitrogens is 2. The van der Waals surface area contributed by atoms with Gasteiger partial charge in [-0.3, -0.25) is 0 Å². The fourth-order valence-electron chi connectivity index (χ4n) is 2.96. The number of imidazole rings is 1. The zero-order valence-corrected chi connectivity index (χ0v) is 10.8. The molecule has 1 aromatic carbocycles. The van der Waals surface area contributed by atoms with E-state index in [1.165, 1.54) is 49.8 Å². The highest BCUT2D eigenvalue weighted by molar-refractivity contribution is 5.58. The molecule has 0 aliphatic heterocycles. The third kappa shape index (κ3) is 2.33. The zero-order chi connectivity index (χ0) is 12.2. The molecule has 0 atom stereocenters. The Kier molecular flexibility index (Phi) is 3.44. The Balaban J connectivity index is 1.91. The highest BCUT2D eigenvalue weighted by Crippen LogP contribution is 2.31. The minimum absolute atomic E-state index is 0.644. The summed E-state index contributed by atoms with van der Waals surface area (Å²) in [6, 6.07) is 11.2. The maximum Gasteiger partial charge on any atom is 0.0953 e. The van der Waals surface area contributed by atoms with Crippen LogP contribution in [-0.4, -0.2) is 9.55 Å². The van der Waals surface area contributed by atoms with Gasteiger partial charge in [-0.2, -0.15) is 0 Å². The molecule has 0 amide bonds. The Labute approximate surface area is 109 Å². The lowest BCUT2D eigenvalue weighted by atomic mass is 10.1. The third-order valence-corrected chi connectivity index (χ3v) is 3.95. The minimum Gasteiger partial charge on any atom is -0.328 e. The van der Waals surface area contributed by atoms with Gasteiger partial charge in [0.2, 0.25) is 0 Å². The van der Waals surface area contributed by atoms with Crippen LogP contribution in [0.5, 0.6) is 0 Å². The molecule has 0 unspecified atom stereocenters. The van der Waals surface area contributed by atoms with Gasteiger partial charge in [0.25, 0.3) is 0 Å². The molecule has 2 nitrogen and oxygen atoms in total. The minimum atomic E-state index is 0.644. The third-order valence-electron chi connectivity index (χ3n) is 3.95. The molecule has 1 aliphatic rings. The summed E-state index contributed by atoms with van der Waals surface area (Å²) in [7, 11) is 0. The van der Waals surface area contributed by atoms with Gasteiger partial charge in [0.15, 0.2) is 0 Å². The van der Waals surface area contributed by atoms with Gasteiger partial charge >= 0.3 is 0 Å². The summed E-state index contributed by atoms with van der Waals surface area (Å²) in [6.45, 7) is 0. The van der Waals surface area contributed by atoms with Crippen LogP contribution in [0.3, 0.4) is 0 Å². The fraction of sp³-hybridized carbons (Fsp3) is 0.438. The summed E-state index contributed by atoms with van der Waals surface area (Å²) in [6.07, 6.45) is 12.1. The van der Waals surface area contributed by atoms with E-state index in [1.54, 1.807) is 0 Å². The van der Waals surface area contributed by atoms with Gasteiger partial charge in [0.1, 0.15) is 0 Å². The molecular weight excluding hydrogens is 220 g/mol. The summed E-state index contributed by atoms with van der Waals surface area (Å²) in [4.78, 5) is 4.37. The van der Waals surface area contributed by atoms with Crippen molar-refractivity contribution in [3.8, 4) is 11.3 Å². The molecule has 1 aliphatic carbocycles. The van der Waals surface area contributed by atoms with Gasteiger partial charge in [-0.15, -0.1) is 0 Å². The second kappa shape index (κ2) is 5.38. The van der Waals surface area contributed by atoms with Crippen molar-refractivity contribution < 1.29 is 0 Å². The van der Waals surface area contributed by atoms with Crippen LogP contribution in [0.2, 0.25) is 0 Å². The highest BCUT2D eigenvalue weighted by Gasteiger charge is 2.16. The smallest absolute Gasteiger partial charge is 0.0953 e. The van der Waals surface area contributed by atoms with Crippen LogP contribution in [0.1, 0.15) is 44.6 Å². The van der Waals surface area contributed by atoms with Gasteiger partial charge < -0.3 is 4.57 Å². The number of nitrogens with zero attached hydrogens (tertiary/aromatic N) is 2. The van der Waals surface area contributed by atoms with Crippen LogP contribution < -0.4 is 0 Å². The average Bonchev–Trinajstić information content (AvgIpc) is 2.75. The molecule has 0 radical (unpaired) electrons. The zero-order valence-electron chi connectivity index (χ0n) is 10.8. The first-order valence-corrected chi connectivity index (χ1v) is 7.02. The van der Waals surface area contributed by atoms with Crippen LogP contribution >= 0.6 is 0 Å². The lowest BCUT2D eigenvalue weighted by Crippen LogP contribution is -2.08. The lowest BCUT2D eigenvalue weighted by molar-refractivity contribution is 0.447. The molecule has 0 saturated heterocycles. The van der Waals surface area contributed by atoms with E-state index in [1.807, 2.05) is 12.5 Å². The quantitative estimate of drug-likeness (QED) is 0.709. The monoisotopic (exact) mass is 240 g/mol. The Bertz CT molecular complexity index is 479. The van der Waals surface area contributed by atoms with Crippen LogP contribution in [0, 0.1) is 0 Å². The lowest BCUT2D eigenvalue weighted by Gasteiger charge is -2.19. The van der Waals surface area contributed by atoms with Crippen molar-refractivity contribution in [3.63, 3.8) is 0 Å². The number of benzene rings is 1. The first-order valence-electron chi connectivity index (χ1n) is 7.02. The van der Waals surface area contributed by atoms with Gasteiger partial charge in [0.05, 0.1) is 18.2 Å². The van der Waals surface area contributed by atoms with Crippen molar-refractivity contribution in [2.45, 2.75) is 44.6 Å². The average molecular weight is 240 g/mol. The van der Waals surface area contributed by atoms with Crippen LogP contribution in [-0.2, 0) is 0 Å². The highest BCUT2D eigenvalue weighted by atomic mass is 15.1. The van der Waals surface area contributed by atoms with E-state index >= 15 is 0 Å². The first-order chi connectivity index (χ1) is 8.95. The second-order valence-corrected chi connectivity index (χ2v) is 5.20. The van der Waals surface area contributed by atoms with E-state index < -0.39 is 0 Å². The van der Waals surface area contributed by atoms with Crippen molar-refractivity contribution in [2.24, 2.45) is 0 Å². The summed E-state index contributed by atoms with van der Waals surface area (Å²) in [5.74, 6) is 0. The van der Waals surface area contributed by atoms with Crippen LogP contribution in [0.4, 0.5) is 0 Å². The number of hydrogen-bond acceptors (Lipinski definition) is 1. The van der Waals surface area contributed by atoms with Crippen molar-refractivity contribution in [2.75, 3.05) is 0 Å². The molecule has 0 spiro atoms. The molecule has 1 heterocycles. The van der Waals surface area contributed by atoms with Crippen LogP contribution in [0.25, 0.3) is 11.3 Å². The van der Waals surface area contributed by atoms with E-state index in [0.29, 0.717) is 6.04 Å².